The Balaban J connectivity index is 1.79. The molecule has 0 aromatic carbocycles. The fraction of sp³-hybridized carbons (Fsp3) is 0.636. The van der Waals surface area contributed by atoms with E-state index in [9.17, 15) is 4.79 Å². The Kier molecular flexibility index (Phi) is 3.90. The number of ether oxygens (including phenoxy) is 2. The van der Waals surface area contributed by atoms with E-state index in [0.29, 0.717) is 12.3 Å². The van der Waals surface area contributed by atoms with Crippen molar-refractivity contribution < 1.29 is 14.3 Å². The maximum absolute atomic E-state index is 11.6. The Labute approximate surface area is 98.6 Å². The van der Waals surface area contributed by atoms with Gasteiger partial charge in [-0.2, -0.15) is 0 Å². The number of hydrogen-bond acceptors (Lipinski definition) is 5. The molecule has 0 N–H and O–H groups in total. The van der Waals surface area contributed by atoms with Crippen LogP contribution in [0.2, 0.25) is 0 Å². The predicted octanol–water partition coefficient (Wildman–Crippen LogP) is 2.18. The van der Waals surface area contributed by atoms with Gasteiger partial charge in [0, 0.05) is 12.0 Å². The minimum Gasteiger partial charge on any atom is -0.458 e. The van der Waals surface area contributed by atoms with Crippen molar-refractivity contribution in [3.05, 3.63) is 16.1 Å². The van der Waals surface area contributed by atoms with Gasteiger partial charge >= 0.3 is 5.97 Å². The largest absolute Gasteiger partial charge is 0.458 e. The average Bonchev–Trinajstić information content (AvgIpc) is 2.74. The monoisotopic (exact) mass is 241 g/mol. The molecule has 1 fully saturated rings. The molecule has 1 aromatic rings. The van der Waals surface area contributed by atoms with Crippen LogP contribution in [0, 0.1) is 6.92 Å². The van der Waals surface area contributed by atoms with Crippen LogP contribution >= 0.6 is 11.3 Å². The van der Waals surface area contributed by atoms with Gasteiger partial charge in [-0.25, -0.2) is 9.78 Å². The van der Waals surface area contributed by atoms with Crippen molar-refractivity contribution >= 4 is 17.3 Å². The highest BCUT2D eigenvalue weighted by atomic mass is 32.1. The maximum Gasteiger partial charge on any atom is 0.357 e. The third kappa shape index (κ3) is 3.02. The van der Waals surface area contributed by atoms with Gasteiger partial charge < -0.3 is 9.47 Å². The lowest BCUT2D eigenvalue weighted by atomic mass is 10.1. The molecule has 5 heteroatoms. The zero-order chi connectivity index (χ0) is 11.4. The van der Waals surface area contributed by atoms with Crippen molar-refractivity contribution in [1.29, 1.82) is 0 Å². The van der Waals surface area contributed by atoms with Gasteiger partial charge in [0.2, 0.25) is 0 Å². The topological polar surface area (TPSA) is 48.4 Å². The lowest BCUT2D eigenvalue weighted by molar-refractivity contribution is -0.0302. The van der Waals surface area contributed by atoms with E-state index in [2.05, 4.69) is 4.98 Å². The number of thiazole rings is 1. The summed E-state index contributed by atoms with van der Waals surface area (Å²) in [4.78, 5) is 15.6. The number of esters is 1. The molecular formula is C11H15NO3S. The van der Waals surface area contributed by atoms with E-state index in [1.807, 2.05) is 6.92 Å². The summed E-state index contributed by atoms with van der Waals surface area (Å²) in [7, 11) is 0. The lowest BCUT2D eigenvalue weighted by Crippen LogP contribution is -2.26. The van der Waals surface area contributed by atoms with Crippen LogP contribution in [0.4, 0.5) is 0 Å². The zero-order valence-corrected chi connectivity index (χ0v) is 10.1. The second-order valence-electron chi connectivity index (χ2n) is 3.84. The van der Waals surface area contributed by atoms with Crippen LogP contribution in [-0.2, 0) is 9.47 Å². The summed E-state index contributed by atoms with van der Waals surface area (Å²) >= 11 is 1.45. The molecule has 1 saturated heterocycles. The number of carbonyl (C=O) groups is 1. The Hall–Kier alpha value is -0.940. The normalized spacial score (nSPS) is 20.7. The molecule has 0 bridgehead atoms. The SMILES string of the molecule is Cc1nc(C(=O)OCC2CCCCO2)cs1. The first-order valence-corrected chi connectivity index (χ1v) is 6.34. The molecule has 4 nitrogen and oxygen atoms in total. The van der Waals surface area contributed by atoms with Crippen LogP contribution in [0.3, 0.4) is 0 Å². The Morgan fingerprint density at radius 2 is 2.56 bits per heavy atom. The lowest BCUT2D eigenvalue weighted by Gasteiger charge is -2.21. The van der Waals surface area contributed by atoms with Gasteiger partial charge in [0.25, 0.3) is 0 Å². The maximum atomic E-state index is 11.6. The van der Waals surface area contributed by atoms with Crippen LogP contribution in [0.5, 0.6) is 0 Å². The number of nitrogens with zero attached hydrogens (tertiary/aromatic N) is 1. The summed E-state index contributed by atoms with van der Waals surface area (Å²) in [6, 6.07) is 0. The van der Waals surface area contributed by atoms with Crippen molar-refractivity contribution in [1.82, 2.24) is 4.98 Å². The van der Waals surface area contributed by atoms with Crippen molar-refractivity contribution in [2.24, 2.45) is 0 Å². The Morgan fingerprint density at radius 1 is 1.69 bits per heavy atom. The molecule has 0 spiro atoms. The van der Waals surface area contributed by atoms with Crippen LogP contribution < -0.4 is 0 Å². The molecule has 0 amide bonds. The van der Waals surface area contributed by atoms with Crippen molar-refractivity contribution in [2.75, 3.05) is 13.2 Å². The van der Waals surface area contributed by atoms with E-state index >= 15 is 0 Å². The Morgan fingerprint density at radius 3 is 3.19 bits per heavy atom. The van der Waals surface area contributed by atoms with Crippen molar-refractivity contribution in [2.45, 2.75) is 32.3 Å². The quantitative estimate of drug-likeness (QED) is 0.761. The molecule has 1 aromatic heterocycles. The molecule has 2 heterocycles. The van der Waals surface area contributed by atoms with Crippen LogP contribution in [-0.4, -0.2) is 30.3 Å². The molecule has 1 aliphatic heterocycles. The molecule has 88 valence electrons. The highest BCUT2D eigenvalue weighted by Crippen LogP contribution is 2.14. The molecular weight excluding hydrogens is 226 g/mol. The van der Waals surface area contributed by atoms with Crippen LogP contribution in [0.1, 0.15) is 34.8 Å². The first-order valence-electron chi connectivity index (χ1n) is 5.46. The minimum atomic E-state index is -0.349. The molecule has 0 radical (unpaired) electrons. The third-order valence-corrected chi connectivity index (χ3v) is 3.28. The Bertz CT molecular complexity index is 358. The zero-order valence-electron chi connectivity index (χ0n) is 9.27. The fourth-order valence-corrected chi connectivity index (χ4v) is 2.22. The predicted molar refractivity (Wildman–Crippen MR) is 60.7 cm³/mol. The highest BCUT2D eigenvalue weighted by molar-refractivity contribution is 7.09. The number of aromatic nitrogens is 1. The van der Waals surface area contributed by atoms with Gasteiger partial charge in [-0.05, 0) is 26.2 Å². The van der Waals surface area contributed by atoms with Gasteiger partial charge in [0.05, 0.1) is 11.1 Å². The summed E-state index contributed by atoms with van der Waals surface area (Å²) in [6.07, 6.45) is 3.30. The van der Waals surface area contributed by atoms with Crippen molar-refractivity contribution in [3.63, 3.8) is 0 Å². The van der Waals surface area contributed by atoms with E-state index in [1.54, 1.807) is 5.38 Å². The highest BCUT2D eigenvalue weighted by Gasteiger charge is 2.17. The van der Waals surface area contributed by atoms with E-state index < -0.39 is 0 Å². The first-order chi connectivity index (χ1) is 7.75. The summed E-state index contributed by atoms with van der Waals surface area (Å²) in [5.74, 6) is -0.349. The van der Waals surface area contributed by atoms with Gasteiger partial charge in [-0.1, -0.05) is 0 Å². The average molecular weight is 241 g/mol. The van der Waals surface area contributed by atoms with Gasteiger partial charge in [-0.3, -0.25) is 0 Å². The summed E-state index contributed by atoms with van der Waals surface area (Å²) in [5.41, 5.74) is 0.401. The van der Waals surface area contributed by atoms with E-state index in [-0.39, 0.29) is 12.1 Å². The second kappa shape index (κ2) is 5.41. The molecule has 0 saturated carbocycles. The number of hydrogen-bond donors (Lipinski definition) is 0. The van der Waals surface area contributed by atoms with E-state index in [1.165, 1.54) is 11.3 Å². The molecule has 16 heavy (non-hydrogen) atoms. The van der Waals surface area contributed by atoms with Crippen LogP contribution in [0.15, 0.2) is 5.38 Å². The van der Waals surface area contributed by atoms with Gasteiger partial charge in [-0.15, -0.1) is 11.3 Å². The van der Waals surface area contributed by atoms with E-state index in [4.69, 9.17) is 9.47 Å². The van der Waals surface area contributed by atoms with Crippen LogP contribution in [0.25, 0.3) is 0 Å². The molecule has 2 rings (SSSR count). The summed E-state index contributed by atoms with van der Waals surface area (Å²) in [5, 5.41) is 2.60. The van der Waals surface area contributed by atoms with Gasteiger partial charge in [0.15, 0.2) is 5.69 Å². The van der Waals surface area contributed by atoms with Crippen molar-refractivity contribution in [3.8, 4) is 0 Å². The first kappa shape index (κ1) is 11.5. The third-order valence-electron chi connectivity index (χ3n) is 2.50. The van der Waals surface area contributed by atoms with E-state index in [0.717, 1.165) is 30.9 Å². The second-order valence-corrected chi connectivity index (χ2v) is 4.90. The molecule has 1 aliphatic rings. The molecule has 1 unspecified atom stereocenters. The number of rotatable bonds is 3. The minimum absolute atomic E-state index is 0.0671. The molecule has 1 atom stereocenters. The fourth-order valence-electron chi connectivity index (χ4n) is 1.64. The molecule has 0 aliphatic carbocycles. The smallest absolute Gasteiger partial charge is 0.357 e. The summed E-state index contributed by atoms with van der Waals surface area (Å²) in [6.45, 7) is 2.99. The summed E-state index contributed by atoms with van der Waals surface area (Å²) < 4.78 is 10.6. The van der Waals surface area contributed by atoms with Gasteiger partial charge in [0.1, 0.15) is 6.61 Å². The standard InChI is InChI=1S/C11H15NO3S/c1-8-12-10(7-16-8)11(13)15-6-9-4-2-3-5-14-9/h7,9H,2-6H2,1H3. The number of carbonyl (C=O) groups excluding carboxylic acids is 1. The number of aryl methyl sites for hydroxylation is 1.